The third-order valence-corrected chi connectivity index (χ3v) is 5.24. The molecule has 0 bridgehead atoms. The summed E-state index contributed by atoms with van der Waals surface area (Å²) < 4.78 is 47.6. The van der Waals surface area contributed by atoms with Gasteiger partial charge in [-0.25, -0.2) is 17.8 Å². The van der Waals surface area contributed by atoms with E-state index in [-0.39, 0.29) is 38.7 Å². The number of aromatic nitrogens is 1. The predicted octanol–water partition coefficient (Wildman–Crippen LogP) is 4.33. The van der Waals surface area contributed by atoms with Gasteiger partial charge < -0.3 is 14.8 Å². The molecule has 0 aliphatic rings. The Morgan fingerprint density at radius 1 is 1.10 bits per heavy atom. The Labute approximate surface area is 177 Å². The van der Waals surface area contributed by atoms with Gasteiger partial charge in [0.2, 0.25) is 5.88 Å². The van der Waals surface area contributed by atoms with Crippen molar-refractivity contribution in [1.82, 2.24) is 4.98 Å². The van der Waals surface area contributed by atoms with Crippen LogP contribution in [-0.4, -0.2) is 32.7 Å². The van der Waals surface area contributed by atoms with Gasteiger partial charge in [0, 0.05) is 18.0 Å². The van der Waals surface area contributed by atoms with Crippen molar-refractivity contribution in [3.63, 3.8) is 0 Å². The molecule has 0 unspecified atom stereocenters. The highest BCUT2D eigenvalue weighted by molar-refractivity contribution is 7.90. The van der Waals surface area contributed by atoms with Crippen LogP contribution in [0.1, 0.15) is 10.4 Å². The van der Waals surface area contributed by atoms with Crippen molar-refractivity contribution >= 4 is 33.0 Å². The molecule has 0 aliphatic heterocycles. The quantitative estimate of drug-likeness (QED) is 0.562. The van der Waals surface area contributed by atoms with Gasteiger partial charge in [-0.3, -0.25) is 4.79 Å². The summed E-state index contributed by atoms with van der Waals surface area (Å²) in [6.07, 6.45) is 1.07. The first-order valence-corrected chi connectivity index (χ1v) is 10.7. The fraction of sp³-hybridized carbons (Fsp3) is 0.100. The van der Waals surface area contributed by atoms with Crippen LogP contribution in [0.4, 0.5) is 10.1 Å². The lowest BCUT2D eigenvalue weighted by atomic mass is 10.2. The largest absolute Gasteiger partial charge is 0.493 e. The number of sulfone groups is 1. The van der Waals surface area contributed by atoms with Gasteiger partial charge in [-0.1, -0.05) is 17.7 Å². The third kappa shape index (κ3) is 5.05. The van der Waals surface area contributed by atoms with E-state index in [1.807, 2.05) is 0 Å². The topological polar surface area (TPSA) is 94.6 Å². The van der Waals surface area contributed by atoms with Crippen molar-refractivity contribution in [2.45, 2.75) is 4.90 Å². The number of halogens is 2. The predicted molar refractivity (Wildman–Crippen MR) is 110 cm³/mol. The van der Waals surface area contributed by atoms with E-state index < -0.39 is 21.6 Å². The van der Waals surface area contributed by atoms with Crippen molar-refractivity contribution in [2.24, 2.45) is 0 Å². The maximum atomic E-state index is 13.4. The summed E-state index contributed by atoms with van der Waals surface area (Å²) in [5.74, 6) is -1.04. The molecule has 0 fully saturated rings. The number of hydrogen-bond donors (Lipinski definition) is 1. The Hall–Kier alpha value is -3.17. The van der Waals surface area contributed by atoms with E-state index in [1.54, 1.807) is 6.07 Å². The minimum absolute atomic E-state index is 0.0236. The molecule has 3 rings (SSSR count). The molecule has 3 aromatic rings. The molecule has 10 heteroatoms. The van der Waals surface area contributed by atoms with Crippen LogP contribution < -0.4 is 14.8 Å². The lowest BCUT2D eigenvalue weighted by Crippen LogP contribution is -2.14. The van der Waals surface area contributed by atoms with Crippen molar-refractivity contribution in [2.75, 3.05) is 18.7 Å². The molecule has 0 atom stereocenters. The van der Waals surface area contributed by atoms with Crippen LogP contribution in [0.5, 0.6) is 17.4 Å². The zero-order valence-electron chi connectivity index (χ0n) is 15.8. The van der Waals surface area contributed by atoms with E-state index in [4.69, 9.17) is 21.1 Å². The van der Waals surface area contributed by atoms with Crippen LogP contribution in [0.25, 0.3) is 0 Å². The number of carbonyl (C=O) groups is 1. The number of rotatable bonds is 6. The molecule has 0 radical (unpaired) electrons. The van der Waals surface area contributed by atoms with Crippen LogP contribution in [0, 0.1) is 5.82 Å². The number of amides is 1. The zero-order chi connectivity index (χ0) is 21.9. The minimum Gasteiger partial charge on any atom is -0.493 e. The van der Waals surface area contributed by atoms with E-state index in [2.05, 4.69) is 10.3 Å². The van der Waals surface area contributed by atoms with Crippen LogP contribution in [0.3, 0.4) is 0 Å². The fourth-order valence-electron chi connectivity index (χ4n) is 2.50. The van der Waals surface area contributed by atoms with Crippen molar-refractivity contribution < 1.29 is 27.1 Å². The highest BCUT2D eigenvalue weighted by atomic mass is 35.5. The third-order valence-electron chi connectivity index (χ3n) is 3.92. The number of hydrogen-bond acceptors (Lipinski definition) is 6. The molecule has 1 aromatic heterocycles. The fourth-order valence-corrected chi connectivity index (χ4v) is 3.31. The molecular formula is C20H16ClFN2O5S. The molecule has 0 spiro atoms. The molecule has 1 heterocycles. The summed E-state index contributed by atoms with van der Waals surface area (Å²) in [5, 5.41) is 2.67. The summed E-state index contributed by atoms with van der Waals surface area (Å²) in [6, 6.07) is 12.2. The highest BCUT2D eigenvalue weighted by Gasteiger charge is 2.18. The standard InChI is InChI=1S/C20H16ClFN2O5S/c1-28-17-10-12(22)6-8-16(17)29-20-15(7-9-18(21)24-20)19(25)23-13-4-3-5-14(11-13)30(2,26)27/h3-11H,1-2H3,(H,23,25). The average Bonchev–Trinajstić information content (AvgIpc) is 2.69. The average molecular weight is 451 g/mol. The maximum Gasteiger partial charge on any atom is 0.261 e. The second-order valence-corrected chi connectivity index (χ2v) is 8.54. The number of carbonyl (C=O) groups excluding carboxylic acids is 1. The van der Waals surface area contributed by atoms with E-state index in [0.29, 0.717) is 0 Å². The van der Waals surface area contributed by atoms with E-state index in [1.165, 1.54) is 49.6 Å². The van der Waals surface area contributed by atoms with Gasteiger partial charge in [0.1, 0.15) is 16.5 Å². The van der Waals surface area contributed by atoms with E-state index >= 15 is 0 Å². The molecule has 0 saturated heterocycles. The Morgan fingerprint density at radius 3 is 2.57 bits per heavy atom. The minimum atomic E-state index is -3.44. The summed E-state index contributed by atoms with van der Waals surface area (Å²) in [4.78, 5) is 16.9. The number of benzene rings is 2. The second-order valence-electron chi connectivity index (χ2n) is 6.14. The first kappa shape index (κ1) is 21.5. The van der Waals surface area contributed by atoms with E-state index in [0.717, 1.165) is 12.3 Å². The van der Waals surface area contributed by atoms with Gasteiger partial charge >= 0.3 is 0 Å². The second kappa shape index (κ2) is 8.68. The Kier molecular flexibility index (Phi) is 6.23. The normalized spacial score (nSPS) is 11.1. The lowest BCUT2D eigenvalue weighted by molar-refractivity contribution is 0.102. The Morgan fingerprint density at radius 2 is 1.87 bits per heavy atom. The van der Waals surface area contributed by atoms with Gasteiger partial charge in [-0.15, -0.1) is 0 Å². The van der Waals surface area contributed by atoms with E-state index in [9.17, 15) is 17.6 Å². The van der Waals surface area contributed by atoms with Crippen molar-refractivity contribution in [3.8, 4) is 17.4 Å². The first-order chi connectivity index (χ1) is 14.2. The molecular weight excluding hydrogens is 435 g/mol. The van der Waals surface area contributed by atoms with Crippen LogP contribution >= 0.6 is 11.6 Å². The molecule has 7 nitrogen and oxygen atoms in total. The van der Waals surface area contributed by atoms with Crippen LogP contribution in [-0.2, 0) is 9.84 Å². The molecule has 0 aliphatic carbocycles. The number of methoxy groups -OCH3 is 1. The van der Waals surface area contributed by atoms with Gasteiger partial charge in [-0.2, -0.15) is 0 Å². The zero-order valence-corrected chi connectivity index (χ0v) is 17.4. The summed E-state index contributed by atoms with van der Waals surface area (Å²) in [5.41, 5.74) is 0.290. The molecule has 1 N–H and O–H groups in total. The number of nitrogens with zero attached hydrogens (tertiary/aromatic N) is 1. The monoisotopic (exact) mass is 450 g/mol. The Balaban J connectivity index is 1.93. The number of anilines is 1. The van der Waals surface area contributed by atoms with Crippen LogP contribution in [0.2, 0.25) is 5.15 Å². The van der Waals surface area contributed by atoms with Gasteiger partial charge in [-0.05, 0) is 42.5 Å². The van der Waals surface area contributed by atoms with Crippen molar-refractivity contribution in [1.29, 1.82) is 0 Å². The maximum absolute atomic E-state index is 13.4. The summed E-state index contributed by atoms with van der Waals surface area (Å²) >= 11 is 5.94. The number of ether oxygens (including phenoxy) is 2. The number of nitrogens with one attached hydrogen (secondary N) is 1. The SMILES string of the molecule is COc1cc(F)ccc1Oc1nc(Cl)ccc1C(=O)Nc1cccc(S(C)(=O)=O)c1. The molecule has 2 aromatic carbocycles. The van der Waals surface area contributed by atoms with Crippen LogP contribution in [0.15, 0.2) is 59.5 Å². The smallest absolute Gasteiger partial charge is 0.261 e. The molecule has 156 valence electrons. The molecule has 1 amide bonds. The van der Waals surface area contributed by atoms with Crippen molar-refractivity contribution in [3.05, 3.63) is 71.1 Å². The van der Waals surface area contributed by atoms with Gasteiger partial charge in [0.15, 0.2) is 21.3 Å². The lowest BCUT2D eigenvalue weighted by Gasteiger charge is -2.13. The van der Waals surface area contributed by atoms with Gasteiger partial charge in [0.25, 0.3) is 5.91 Å². The molecule has 30 heavy (non-hydrogen) atoms. The summed E-state index contributed by atoms with van der Waals surface area (Å²) in [7, 11) is -2.10. The first-order valence-electron chi connectivity index (χ1n) is 8.47. The highest BCUT2D eigenvalue weighted by Crippen LogP contribution is 2.33. The van der Waals surface area contributed by atoms with Gasteiger partial charge in [0.05, 0.1) is 12.0 Å². The molecule has 0 saturated carbocycles. The summed E-state index contributed by atoms with van der Waals surface area (Å²) in [6.45, 7) is 0. The Bertz CT molecular complexity index is 1220. The number of pyridine rings is 1.